The lowest BCUT2D eigenvalue weighted by Gasteiger charge is -2.10. The Morgan fingerprint density at radius 2 is 0.952 bits per heavy atom. The molecule has 0 fully saturated rings. The van der Waals surface area contributed by atoms with Crippen molar-refractivity contribution in [1.82, 2.24) is 0 Å². The third-order valence-corrected chi connectivity index (χ3v) is 4.34. The van der Waals surface area contributed by atoms with Crippen LogP contribution >= 0.6 is 0 Å². The molecule has 0 bridgehead atoms. The fourth-order valence-electron chi connectivity index (χ4n) is 2.86. The van der Waals surface area contributed by atoms with Crippen LogP contribution in [-0.2, 0) is 0 Å². The molecule has 21 heavy (non-hydrogen) atoms. The molecule has 0 saturated carbocycles. The van der Waals surface area contributed by atoms with Crippen molar-refractivity contribution in [2.75, 3.05) is 6.61 Å². The standard InChI is InChI=1S/C19H40O2/c1-2-3-4-5-6-7-8-10-13-16-19(21)17-14-11-9-12-15-18-20/h19-21H,2-18H2,1H3. The van der Waals surface area contributed by atoms with Crippen molar-refractivity contribution >= 4 is 0 Å². The van der Waals surface area contributed by atoms with Crippen LogP contribution in [0.2, 0.25) is 0 Å². The van der Waals surface area contributed by atoms with E-state index in [2.05, 4.69) is 6.92 Å². The van der Waals surface area contributed by atoms with Crippen molar-refractivity contribution in [3.8, 4) is 0 Å². The first-order chi connectivity index (χ1) is 10.3. The highest BCUT2D eigenvalue weighted by molar-refractivity contribution is 4.57. The number of aliphatic hydroxyl groups excluding tert-OH is 2. The van der Waals surface area contributed by atoms with E-state index in [1.807, 2.05) is 0 Å². The zero-order valence-corrected chi connectivity index (χ0v) is 14.5. The summed E-state index contributed by atoms with van der Waals surface area (Å²) < 4.78 is 0. The van der Waals surface area contributed by atoms with Gasteiger partial charge in [0, 0.05) is 6.61 Å². The Morgan fingerprint density at radius 1 is 0.571 bits per heavy atom. The van der Waals surface area contributed by atoms with E-state index in [4.69, 9.17) is 5.11 Å². The summed E-state index contributed by atoms with van der Waals surface area (Å²) in [5.41, 5.74) is 0. The van der Waals surface area contributed by atoms with Gasteiger partial charge in [-0.2, -0.15) is 0 Å². The quantitative estimate of drug-likeness (QED) is 0.343. The molecule has 0 spiro atoms. The van der Waals surface area contributed by atoms with E-state index in [1.165, 1.54) is 70.6 Å². The molecule has 0 saturated heterocycles. The molecule has 2 nitrogen and oxygen atoms in total. The van der Waals surface area contributed by atoms with Crippen LogP contribution in [0.25, 0.3) is 0 Å². The van der Waals surface area contributed by atoms with Gasteiger partial charge in [0.25, 0.3) is 0 Å². The summed E-state index contributed by atoms with van der Waals surface area (Å²) in [4.78, 5) is 0. The molecule has 2 N–H and O–H groups in total. The number of aliphatic hydroxyl groups is 2. The van der Waals surface area contributed by atoms with Crippen LogP contribution in [0.3, 0.4) is 0 Å². The van der Waals surface area contributed by atoms with Crippen LogP contribution in [0.4, 0.5) is 0 Å². The Hall–Kier alpha value is -0.0800. The fraction of sp³-hybridized carbons (Fsp3) is 1.00. The zero-order valence-electron chi connectivity index (χ0n) is 14.5. The van der Waals surface area contributed by atoms with Gasteiger partial charge in [-0.05, 0) is 19.3 Å². The molecule has 0 aromatic rings. The zero-order chi connectivity index (χ0) is 15.6. The summed E-state index contributed by atoms with van der Waals surface area (Å²) in [5, 5.41) is 18.6. The monoisotopic (exact) mass is 300 g/mol. The normalized spacial score (nSPS) is 12.7. The lowest BCUT2D eigenvalue weighted by atomic mass is 10.0. The van der Waals surface area contributed by atoms with Crippen molar-refractivity contribution in [2.45, 2.75) is 116 Å². The average molecular weight is 301 g/mol. The van der Waals surface area contributed by atoms with Crippen LogP contribution in [0, 0.1) is 0 Å². The molecule has 0 amide bonds. The highest BCUT2D eigenvalue weighted by atomic mass is 16.3. The Bertz CT molecular complexity index is 182. The lowest BCUT2D eigenvalue weighted by Crippen LogP contribution is -2.05. The van der Waals surface area contributed by atoms with Crippen molar-refractivity contribution in [2.24, 2.45) is 0 Å². The molecule has 0 heterocycles. The third-order valence-electron chi connectivity index (χ3n) is 4.34. The van der Waals surface area contributed by atoms with E-state index in [0.717, 1.165) is 32.1 Å². The summed E-state index contributed by atoms with van der Waals surface area (Å²) >= 11 is 0. The molecule has 0 aliphatic carbocycles. The Kier molecular flexibility index (Phi) is 17.9. The predicted octanol–water partition coefficient (Wildman–Crippen LogP) is 5.60. The van der Waals surface area contributed by atoms with Crippen molar-refractivity contribution in [3.05, 3.63) is 0 Å². The molecule has 1 unspecified atom stereocenters. The lowest BCUT2D eigenvalue weighted by molar-refractivity contribution is 0.147. The topological polar surface area (TPSA) is 40.5 Å². The van der Waals surface area contributed by atoms with Crippen molar-refractivity contribution < 1.29 is 10.2 Å². The van der Waals surface area contributed by atoms with E-state index in [1.54, 1.807) is 0 Å². The molecule has 0 rings (SSSR count). The minimum atomic E-state index is -0.0765. The molecule has 128 valence electrons. The summed E-state index contributed by atoms with van der Waals surface area (Å²) in [6.07, 6.45) is 19.7. The van der Waals surface area contributed by atoms with Gasteiger partial charge in [0.1, 0.15) is 0 Å². The van der Waals surface area contributed by atoms with Gasteiger partial charge in [0.05, 0.1) is 6.10 Å². The minimum Gasteiger partial charge on any atom is -0.396 e. The van der Waals surface area contributed by atoms with Crippen LogP contribution in [0.1, 0.15) is 110 Å². The average Bonchev–Trinajstić information content (AvgIpc) is 2.49. The number of unbranched alkanes of at least 4 members (excludes halogenated alkanes) is 12. The maximum atomic E-state index is 9.91. The minimum absolute atomic E-state index is 0.0765. The van der Waals surface area contributed by atoms with Crippen LogP contribution in [0.5, 0.6) is 0 Å². The first-order valence-electron chi connectivity index (χ1n) is 9.60. The molecule has 0 aliphatic heterocycles. The van der Waals surface area contributed by atoms with Crippen LogP contribution in [-0.4, -0.2) is 22.9 Å². The van der Waals surface area contributed by atoms with Gasteiger partial charge >= 0.3 is 0 Å². The highest BCUT2D eigenvalue weighted by Crippen LogP contribution is 2.14. The second-order valence-electron chi connectivity index (χ2n) is 6.55. The number of hydrogen-bond donors (Lipinski definition) is 2. The van der Waals surface area contributed by atoms with Crippen LogP contribution in [0.15, 0.2) is 0 Å². The predicted molar refractivity (Wildman–Crippen MR) is 92.6 cm³/mol. The smallest absolute Gasteiger partial charge is 0.0540 e. The molecular formula is C19H40O2. The van der Waals surface area contributed by atoms with Crippen LogP contribution < -0.4 is 0 Å². The molecule has 1 atom stereocenters. The summed E-state index contributed by atoms with van der Waals surface area (Å²) in [6.45, 7) is 2.58. The van der Waals surface area contributed by atoms with Gasteiger partial charge < -0.3 is 10.2 Å². The molecule has 0 aromatic carbocycles. The van der Waals surface area contributed by atoms with Crippen molar-refractivity contribution in [1.29, 1.82) is 0 Å². The van der Waals surface area contributed by atoms with Gasteiger partial charge in [-0.25, -0.2) is 0 Å². The largest absolute Gasteiger partial charge is 0.396 e. The molecule has 0 aromatic heterocycles. The molecule has 0 aliphatic rings. The highest BCUT2D eigenvalue weighted by Gasteiger charge is 2.03. The Labute approximate surface area is 133 Å². The first-order valence-corrected chi connectivity index (χ1v) is 9.60. The maximum Gasteiger partial charge on any atom is 0.0540 e. The summed E-state index contributed by atoms with van der Waals surface area (Å²) in [7, 11) is 0. The Balaban J connectivity index is 3.10. The van der Waals surface area contributed by atoms with E-state index in [-0.39, 0.29) is 6.10 Å². The molecule has 0 radical (unpaired) electrons. The maximum absolute atomic E-state index is 9.91. The van der Waals surface area contributed by atoms with Gasteiger partial charge in [-0.1, -0.05) is 90.4 Å². The van der Waals surface area contributed by atoms with E-state index in [9.17, 15) is 5.11 Å². The van der Waals surface area contributed by atoms with Gasteiger partial charge in [0.15, 0.2) is 0 Å². The van der Waals surface area contributed by atoms with Gasteiger partial charge in [-0.3, -0.25) is 0 Å². The summed E-state index contributed by atoms with van der Waals surface area (Å²) in [6, 6.07) is 0. The third kappa shape index (κ3) is 17.9. The molecular weight excluding hydrogens is 260 g/mol. The number of hydrogen-bond acceptors (Lipinski definition) is 2. The van der Waals surface area contributed by atoms with E-state index >= 15 is 0 Å². The molecule has 2 heteroatoms. The van der Waals surface area contributed by atoms with Gasteiger partial charge in [-0.15, -0.1) is 0 Å². The first kappa shape index (κ1) is 20.9. The number of rotatable bonds is 17. The van der Waals surface area contributed by atoms with E-state index in [0.29, 0.717) is 6.61 Å². The SMILES string of the molecule is CCCCCCCCCCCC(O)CCCCCCCO. The van der Waals surface area contributed by atoms with E-state index < -0.39 is 0 Å². The second-order valence-corrected chi connectivity index (χ2v) is 6.55. The Morgan fingerprint density at radius 3 is 1.38 bits per heavy atom. The fourth-order valence-corrected chi connectivity index (χ4v) is 2.86. The summed E-state index contributed by atoms with van der Waals surface area (Å²) in [5.74, 6) is 0. The van der Waals surface area contributed by atoms with Crippen molar-refractivity contribution in [3.63, 3.8) is 0 Å². The van der Waals surface area contributed by atoms with Gasteiger partial charge in [0.2, 0.25) is 0 Å². The second kappa shape index (κ2) is 18.0.